The first-order valence-electron chi connectivity index (χ1n) is 7.54. The van der Waals surface area contributed by atoms with Crippen molar-refractivity contribution in [3.63, 3.8) is 0 Å². The zero-order chi connectivity index (χ0) is 15.2. The number of hydrogen-bond acceptors (Lipinski definition) is 4. The lowest BCUT2D eigenvalue weighted by Crippen LogP contribution is -2.05. The van der Waals surface area contributed by atoms with E-state index in [2.05, 4.69) is 66.5 Å². The molecule has 0 amide bonds. The smallest absolute Gasteiger partial charge is 0.135 e. The van der Waals surface area contributed by atoms with Crippen molar-refractivity contribution in [1.82, 2.24) is 9.97 Å². The average molecular weight is 284 g/mol. The Morgan fingerprint density at radius 1 is 1.14 bits per heavy atom. The highest BCUT2D eigenvalue weighted by molar-refractivity contribution is 5.66. The van der Waals surface area contributed by atoms with E-state index in [4.69, 9.17) is 0 Å². The van der Waals surface area contributed by atoms with Crippen LogP contribution in [0, 0.1) is 6.92 Å². The predicted molar refractivity (Wildman–Crippen MR) is 89.4 cm³/mol. The fraction of sp³-hybridized carbons (Fsp3) is 0.412. The predicted octanol–water partition coefficient (Wildman–Crippen LogP) is 4.47. The van der Waals surface area contributed by atoms with E-state index >= 15 is 0 Å². The molecule has 0 atom stereocenters. The Balaban J connectivity index is 2.26. The average Bonchev–Trinajstić information content (AvgIpc) is 2.47. The van der Waals surface area contributed by atoms with Crippen LogP contribution in [0.3, 0.4) is 0 Å². The fourth-order valence-corrected chi connectivity index (χ4v) is 2.25. The van der Waals surface area contributed by atoms with E-state index in [-0.39, 0.29) is 0 Å². The van der Waals surface area contributed by atoms with Crippen LogP contribution in [0.25, 0.3) is 0 Å². The molecule has 21 heavy (non-hydrogen) atoms. The number of para-hydroxylation sites is 1. The molecule has 0 unspecified atom stereocenters. The summed E-state index contributed by atoms with van der Waals surface area (Å²) in [6, 6.07) is 8.33. The van der Waals surface area contributed by atoms with Gasteiger partial charge in [0, 0.05) is 18.3 Å². The summed E-state index contributed by atoms with van der Waals surface area (Å²) in [5.41, 5.74) is 3.67. The first-order valence-corrected chi connectivity index (χ1v) is 7.54. The normalized spacial score (nSPS) is 10.7. The van der Waals surface area contributed by atoms with Crippen LogP contribution in [0.1, 0.15) is 44.2 Å². The highest BCUT2D eigenvalue weighted by Crippen LogP contribution is 2.29. The summed E-state index contributed by atoms with van der Waals surface area (Å²) in [4.78, 5) is 8.56. The molecule has 4 nitrogen and oxygen atoms in total. The standard InChI is InChI=1S/C17H24N4/c1-5-9-18-15-10-16(20-11-19-15)21-17-13(4)7-6-8-14(17)12(2)3/h6-8,10-12H,5,9H2,1-4H3,(H2,18,19,20,21). The molecule has 1 aromatic heterocycles. The topological polar surface area (TPSA) is 49.8 Å². The lowest BCUT2D eigenvalue weighted by atomic mass is 9.98. The third-order valence-electron chi connectivity index (χ3n) is 3.40. The maximum absolute atomic E-state index is 4.32. The molecule has 0 spiro atoms. The largest absolute Gasteiger partial charge is 0.370 e. The van der Waals surface area contributed by atoms with E-state index in [0.29, 0.717) is 5.92 Å². The Morgan fingerprint density at radius 2 is 1.90 bits per heavy atom. The van der Waals surface area contributed by atoms with Gasteiger partial charge in [-0.1, -0.05) is 39.0 Å². The van der Waals surface area contributed by atoms with Crippen molar-refractivity contribution in [1.29, 1.82) is 0 Å². The van der Waals surface area contributed by atoms with Crippen LogP contribution >= 0.6 is 0 Å². The van der Waals surface area contributed by atoms with Gasteiger partial charge in [0.05, 0.1) is 0 Å². The molecule has 0 aliphatic rings. The molecular weight excluding hydrogens is 260 g/mol. The van der Waals surface area contributed by atoms with Gasteiger partial charge in [-0.15, -0.1) is 0 Å². The molecule has 0 aliphatic heterocycles. The second-order valence-electron chi connectivity index (χ2n) is 5.53. The molecule has 0 saturated carbocycles. The molecule has 0 aliphatic carbocycles. The first kappa shape index (κ1) is 15.3. The summed E-state index contributed by atoms with van der Waals surface area (Å²) in [5, 5.41) is 6.73. The second kappa shape index (κ2) is 7.07. The minimum absolute atomic E-state index is 0.465. The van der Waals surface area contributed by atoms with Crippen molar-refractivity contribution < 1.29 is 0 Å². The molecule has 4 heteroatoms. The SMILES string of the molecule is CCCNc1cc(Nc2c(C)cccc2C(C)C)ncn1. The lowest BCUT2D eigenvalue weighted by molar-refractivity contribution is 0.867. The molecular formula is C17H24N4. The minimum Gasteiger partial charge on any atom is -0.370 e. The van der Waals surface area contributed by atoms with E-state index < -0.39 is 0 Å². The van der Waals surface area contributed by atoms with Crippen molar-refractivity contribution in [3.8, 4) is 0 Å². The summed E-state index contributed by atoms with van der Waals surface area (Å²) >= 11 is 0. The van der Waals surface area contributed by atoms with Gasteiger partial charge in [0.2, 0.25) is 0 Å². The number of aryl methyl sites for hydroxylation is 1. The molecule has 112 valence electrons. The van der Waals surface area contributed by atoms with Gasteiger partial charge < -0.3 is 10.6 Å². The Hall–Kier alpha value is -2.10. The quantitative estimate of drug-likeness (QED) is 0.821. The lowest BCUT2D eigenvalue weighted by Gasteiger charge is -2.17. The second-order valence-corrected chi connectivity index (χ2v) is 5.53. The molecule has 2 aromatic rings. The van der Waals surface area contributed by atoms with Crippen molar-refractivity contribution in [2.45, 2.75) is 40.0 Å². The van der Waals surface area contributed by atoms with Crippen LogP contribution < -0.4 is 10.6 Å². The summed E-state index contributed by atoms with van der Waals surface area (Å²) in [5.74, 6) is 2.14. The molecule has 2 rings (SSSR count). The van der Waals surface area contributed by atoms with Gasteiger partial charge in [-0.05, 0) is 30.4 Å². The zero-order valence-electron chi connectivity index (χ0n) is 13.3. The van der Waals surface area contributed by atoms with E-state index in [1.165, 1.54) is 11.1 Å². The third-order valence-corrected chi connectivity index (χ3v) is 3.40. The number of nitrogens with zero attached hydrogens (tertiary/aromatic N) is 2. The van der Waals surface area contributed by atoms with Crippen LogP contribution in [-0.2, 0) is 0 Å². The molecule has 0 radical (unpaired) electrons. The minimum atomic E-state index is 0.465. The van der Waals surface area contributed by atoms with Crippen LogP contribution in [-0.4, -0.2) is 16.5 Å². The maximum atomic E-state index is 4.32. The summed E-state index contributed by atoms with van der Waals surface area (Å²) in [6.07, 6.45) is 2.66. The van der Waals surface area contributed by atoms with Crippen LogP contribution in [0.2, 0.25) is 0 Å². The summed E-state index contributed by atoms with van der Waals surface area (Å²) in [7, 11) is 0. The van der Waals surface area contributed by atoms with Crippen molar-refractivity contribution in [3.05, 3.63) is 41.7 Å². The number of rotatable bonds is 6. The summed E-state index contributed by atoms with van der Waals surface area (Å²) in [6.45, 7) is 9.57. The molecule has 0 saturated heterocycles. The molecule has 1 heterocycles. The molecule has 1 aromatic carbocycles. The van der Waals surface area contributed by atoms with Gasteiger partial charge in [-0.25, -0.2) is 9.97 Å². The van der Waals surface area contributed by atoms with E-state index in [1.807, 2.05) is 6.07 Å². The number of hydrogen-bond donors (Lipinski definition) is 2. The fourth-order valence-electron chi connectivity index (χ4n) is 2.25. The monoisotopic (exact) mass is 284 g/mol. The third kappa shape index (κ3) is 3.94. The van der Waals surface area contributed by atoms with Gasteiger partial charge >= 0.3 is 0 Å². The van der Waals surface area contributed by atoms with Crippen LogP contribution in [0.4, 0.5) is 17.3 Å². The molecule has 2 N–H and O–H groups in total. The summed E-state index contributed by atoms with van der Waals surface area (Å²) < 4.78 is 0. The van der Waals surface area contributed by atoms with Crippen LogP contribution in [0.5, 0.6) is 0 Å². The Morgan fingerprint density at radius 3 is 2.62 bits per heavy atom. The Kier molecular flexibility index (Phi) is 5.14. The van der Waals surface area contributed by atoms with E-state index in [0.717, 1.165) is 30.3 Å². The van der Waals surface area contributed by atoms with E-state index in [9.17, 15) is 0 Å². The molecule has 0 fully saturated rings. The number of aromatic nitrogens is 2. The van der Waals surface area contributed by atoms with Crippen LogP contribution in [0.15, 0.2) is 30.6 Å². The zero-order valence-corrected chi connectivity index (χ0v) is 13.3. The van der Waals surface area contributed by atoms with Crippen molar-refractivity contribution in [2.75, 3.05) is 17.2 Å². The van der Waals surface area contributed by atoms with Gasteiger partial charge in [0.15, 0.2) is 0 Å². The van der Waals surface area contributed by atoms with Gasteiger partial charge in [-0.2, -0.15) is 0 Å². The molecule has 0 bridgehead atoms. The number of anilines is 3. The van der Waals surface area contributed by atoms with Crippen molar-refractivity contribution in [2.24, 2.45) is 0 Å². The highest BCUT2D eigenvalue weighted by atomic mass is 15.1. The highest BCUT2D eigenvalue weighted by Gasteiger charge is 2.10. The Labute approximate surface area is 127 Å². The number of benzene rings is 1. The van der Waals surface area contributed by atoms with Gasteiger partial charge in [0.1, 0.15) is 18.0 Å². The Bertz CT molecular complexity index is 593. The maximum Gasteiger partial charge on any atom is 0.135 e. The van der Waals surface area contributed by atoms with E-state index in [1.54, 1.807) is 6.33 Å². The van der Waals surface area contributed by atoms with Gasteiger partial charge in [0.25, 0.3) is 0 Å². The first-order chi connectivity index (χ1) is 10.1. The number of nitrogens with one attached hydrogen (secondary N) is 2. The van der Waals surface area contributed by atoms with Gasteiger partial charge in [-0.3, -0.25) is 0 Å². The van der Waals surface area contributed by atoms with Crippen molar-refractivity contribution >= 4 is 17.3 Å².